The summed E-state index contributed by atoms with van der Waals surface area (Å²) < 4.78 is 5.83. The Kier molecular flexibility index (Phi) is 8.82. The average Bonchev–Trinajstić information content (AvgIpc) is 3.60. The van der Waals surface area contributed by atoms with Crippen LogP contribution in [0.25, 0.3) is 0 Å². The van der Waals surface area contributed by atoms with Gasteiger partial charge in [-0.3, -0.25) is 14.5 Å². The fourth-order valence-corrected chi connectivity index (χ4v) is 4.35. The number of rotatable bonds is 13. The van der Waals surface area contributed by atoms with E-state index < -0.39 is 36.1 Å². The molecule has 1 aromatic carbocycles. The number of carbonyl (C=O) groups excluding carboxylic acids is 2. The van der Waals surface area contributed by atoms with Gasteiger partial charge in [-0.15, -0.1) is 0 Å². The summed E-state index contributed by atoms with van der Waals surface area (Å²) in [6.07, 6.45) is 2.42. The van der Waals surface area contributed by atoms with Crippen LogP contribution in [0.3, 0.4) is 0 Å². The first-order chi connectivity index (χ1) is 16.9. The molecule has 1 aromatic rings. The molecule has 3 rings (SSSR count). The number of aromatic carboxylic acids is 1. The van der Waals surface area contributed by atoms with Gasteiger partial charge in [0.1, 0.15) is 28.7 Å². The number of hydrogen-bond acceptors (Lipinski definition) is 9. The Balaban J connectivity index is 1.59. The molecule has 36 heavy (non-hydrogen) atoms. The third-order valence-corrected chi connectivity index (χ3v) is 6.65. The van der Waals surface area contributed by atoms with Crippen molar-refractivity contribution in [3.8, 4) is 11.5 Å². The summed E-state index contributed by atoms with van der Waals surface area (Å²) in [5, 5.41) is 44.7. The molecule has 12 nitrogen and oxygen atoms in total. The highest BCUT2D eigenvalue weighted by Gasteiger charge is 2.38. The van der Waals surface area contributed by atoms with Crippen LogP contribution in [-0.2, 0) is 16.0 Å². The van der Waals surface area contributed by atoms with Gasteiger partial charge in [-0.1, -0.05) is 18.9 Å². The zero-order valence-corrected chi connectivity index (χ0v) is 20.6. The van der Waals surface area contributed by atoms with Gasteiger partial charge in [0.05, 0.1) is 6.54 Å². The maximum Gasteiger partial charge on any atom is 0.455 e. The van der Waals surface area contributed by atoms with Crippen LogP contribution in [0.1, 0.15) is 42.1 Å². The second-order valence-electron chi connectivity index (χ2n) is 10.0. The predicted octanol–water partition coefficient (Wildman–Crippen LogP) is -1.08. The van der Waals surface area contributed by atoms with Crippen molar-refractivity contribution < 1.29 is 39.4 Å². The summed E-state index contributed by atoms with van der Waals surface area (Å²) in [6.45, 7) is 2.35. The molecule has 2 amide bonds. The van der Waals surface area contributed by atoms with E-state index in [1.54, 1.807) is 13.0 Å². The SMILES string of the molecule is CNC(=O)CNC(=O)[C@@](C)(N)CN1CC(Oc2ccc(C[C@H](CC3CC3)B(O)O)c(O)c2C(=O)O)C1. The van der Waals surface area contributed by atoms with E-state index in [0.29, 0.717) is 31.0 Å². The highest BCUT2D eigenvalue weighted by atomic mass is 16.5. The number of nitrogens with two attached hydrogens (primary N) is 1. The van der Waals surface area contributed by atoms with Gasteiger partial charge in [-0.25, -0.2) is 4.79 Å². The molecule has 1 saturated carbocycles. The maximum atomic E-state index is 12.3. The van der Waals surface area contributed by atoms with E-state index in [2.05, 4.69) is 10.6 Å². The number of likely N-dealkylation sites (N-methyl/N-ethyl adjacent to an activating group) is 1. The number of nitrogens with zero attached hydrogens (tertiary/aromatic N) is 1. The first kappa shape index (κ1) is 27.7. The standard InChI is InChI=1S/C23H35BN4O8/c1-23(25,22(33)27-9-18(29)26-2)12-28-10-16(11-28)36-17-6-5-14(20(30)19(17)21(31)32)8-15(24(34)35)7-13-3-4-13/h5-6,13,15-16,30,34-35H,3-4,7-12,25H2,1-2H3,(H,26,29)(H,27,33)(H,31,32)/t15-,23-/m0/s1. The Morgan fingerprint density at radius 1 is 1.28 bits per heavy atom. The first-order valence-corrected chi connectivity index (χ1v) is 12.0. The second kappa shape index (κ2) is 11.5. The Morgan fingerprint density at radius 3 is 2.50 bits per heavy atom. The Labute approximate surface area is 209 Å². The van der Waals surface area contributed by atoms with Crippen molar-refractivity contribution in [1.82, 2.24) is 15.5 Å². The molecule has 0 unspecified atom stereocenters. The quantitative estimate of drug-likeness (QED) is 0.162. The average molecular weight is 506 g/mol. The van der Waals surface area contributed by atoms with E-state index in [-0.39, 0.29) is 42.8 Å². The number of ether oxygens (including phenoxy) is 1. The normalized spacial score (nSPS) is 18.5. The first-order valence-electron chi connectivity index (χ1n) is 12.0. The highest BCUT2D eigenvalue weighted by molar-refractivity contribution is 6.43. The fraction of sp³-hybridized carbons (Fsp3) is 0.609. The molecule has 1 aliphatic carbocycles. The molecule has 2 aliphatic rings. The molecule has 1 aliphatic heterocycles. The van der Waals surface area contributed by atoms with Crippen LogP contribution < -0.4 is 21.1 Å². The van der Waals surface area contributed by atoms with E-state index in [0.717, 1.165) is 12.8 Å². The third kappa shape index (κ3) is 7.09. The maximum absolute atomic E-state index is 12.3. The molecular formula is C23H35BN4O8. The number of amides is 2. The highest BCUT2D eigenvalue weighted by Crippen LogP contribution is 2.41. The van der Waals surface area contributed by atoms with Gasteiger partial charge in [-0.05, 0) is 43.1 Å². The number of aromatic hydroxyl groups is 1. The van der Waals surface area contributed by atoms with Gasteiger partial charge >= 0.3 is 13.1 Å². The minimum atomic E-state index is -1.56. The molecule has 1 saturated heterocycles. The largest absolute Gasteiger partial charge is 0.507 e. The minimum Gasteiger partial charge on any atom is -0.507 e. The van der Waals surface area contributed by atoms with Crippen LogP contribution in [0, 0.1) is 5.92 Å². The zero-order chi connectivity index (χ0) is 26.6. The van der Waals surface area contributed by atoms with Crippen molar-refractivity contribution in [3.63, 3.8) is 0 Å². The van der Waals surface area contributed by atoms with E-state index in [4.69, 9.17) is 10.5 Å². The van der Waals surface area contributed by atoms with Crippen molar-refractivity contribution >= 4 is 24.9 Å². The van der Waals surface area contributed by atoms with Gasteiger partial charge < -0.3 is 41.4 Å². The van der Waals surface area contributed by atoms with E-state index in [1.807, 2.05) is 4.90 Å². The monoisotopic (exact) mass is 506 g/mol. The van der Waals surface area contributed by atoms with Gasteiger partial charge in [0.2, 0.25) is 11.8 Å². The zero-order valence-electron chi connectivity index (χ0n) is 20.6. The van der Waals surface area contributed by atoms with Crippen molar-refractivity contribution in [2.24, 2.45) is 11.7 Å². The molecule has 0 spiro atoms. The number of likely N-dealkylation sites (tertiary alicyclic amines) is 1. The molecule has 2 fully saturated rings. The van der Waals surface area contributed by atoms with Crippen LogP contribution in [0.4, 0.5) is 0 Å². The minimum absolute atomic E-state index is 0.00974. The lowest BCUT2D eigenvalue weighted by Gasteiger charge is -2.42. The summed E-state index contributed by atoms with van der Waals surface area (Å²) in [6, 6.07) is 3.02. The van der Waals surface area contributed by atoms with E-state index in [1.165, 1.54) is 13.1 Å². The van der Waals surface area contributed by atoms with Crippen LogP contribution >= 0.6 is 0 Å². The van der Waals surface area contributed by atoms with Gasteiger partial charge in [0.25, 0.3) is 0 Å². The summed E-state index contributed by atoms with van der Waals surface area (Å²) in [4.78, 5) is 37.4. The molecule has 0 radical (unpaired) electrons. The van der Waals surface area contributed by atoms with Crippen molar-refractivity contribution in [2.45, 2.75) is 50.1 Å². The molecule has 13 heteroatoms. The number of phenols is 1. The molecule has 0 bridgehead atoms. The van der Waals surface area contributed by atoms with Crippen LogP contribution in [0.2, 0.25) is 5.82 Å². The van der Waals surface area contributed by atoms with Crippen molar-refractivity contribution in [2.75, 3.05) is 33.2 Å². The summed E-state index contributed by atoms with van der Waals surface area (Å²) >= 11 is 0. The number of carboxylic acids is 1. The van der Waals surface area contributed by atoms with Crippen molar-refractivity contribution in [3.05, 3.63) is 23.3 Å². The molecule has 8 N–H and O–H groups in total. The summed E-state index contributed by atoms with van der Waals surface area (Å²) in [7, 11) is -0.0978. The smallest absolute Gasteiger partial charge is 0.455 e. The Morgan fingerprint density at radius 2 is 1.94 bits per heavy atom. The summed E-state index contributed by atoms with van der Waals surface area (Å²) in [5.74, 6) is -2.68. The van der Waals surface area contributed by atoms with Gasteiger partial charge in [-0.2, -0.15) is 0 Å². The lowest BCUT2D eigenvalue weighted by molar-refractivity contribution is -0.130. The van der Waals surface area contributed by atoms with Crippen LogP contribution in [-0.4, -0.2) is 94.9 Å². The number of carbonyl (C=O) groups is 3. The van der Waals surface area contributed by atoms with E-state index in [9.17, 15) is 34.6 Å². The second-order valence-corrected chi connectivity index (χ2v) is 10.0. The van der Waals surface area contributed by atoms with Crippen LogP contribution in [0.5, 0.6) is 11.5 Å². The van der Waals surface area contributed by atoms with Crippen molar-refractivity contribution in [1.29, 1.82) is 0 Å². The van der Waals surface area contributed by atoms with Gasteiger partial charge in [0, 0.05) is 26.7 Å². The molecule has 1 heterocycles. The number of benzene rings is 1. The van der Waals surface area contributed by atoms with Crippen LogP contribution in [0.15, 0.2) is 12.1 Å². The molecule has 198 valence electrons. The molecule has 2 atom stereocenters. The van der Waals surface area contributed by atoms with Gasteiger partial charge in [0.15, 0.2) is 0 Å². The summed E-state index contributed by atoms with van der Waals surface area (Å²) in [5.41, 5.74) is 4.81. The molecular weight excluding hydrogens is 471 g/mol. The topological polar surface area (TPSA) is 195 Å². The lowest BCUT2D eigenvalue weighted by atomic mass is 9.67. The number of nitrogens with one attached hydrogen (secondary N) is 2. The fourth-order valence-electron chi connectivity index (χ4n) is 4.35. The van der Waals surface area contributed by atoms with E-state index >= 15 is 0 Å². The number of hydrogen-bond donors (Lipinski definition) is 7. The third-order valence-electron chi connectivity index (χ3n) is 6.65. The number of carboxylic acid groups (broad SMARTS) is 1. The Bertz CT molecular complexity index is 979. The Hall–Kier alpha value is -2.87. The molecule has 0 aromatic heterocycles. The predicted molar refractivity (Wildman–Crippen MR) is 131 cm³/mol. The lowest BCUT2D eigenvalue weighted by Crippen LogP contribution is -2.64.